The highest BCUT2D eigenvalue weighted by atomic mass is 16.5. The number of rotatable bonds is 7. The van der Waals surface area contributed by atoms with E-state index in [1.807, 2.05) is 0 Å². The van der Waals surface area contributed by atoms with E-state index in [9.17, 15) is 14.4 Å². The van der Waals surface area contributed by atoms with Gasteiger partial charge in [-0.05, 0) is 5.56 Å². The van der Waals surface area contributed by atoms with E-state index in [0.717, 1.165) is 5.56 Å². The molecule has 0 saturated heterocycles. The molecule has 6 heteroatoms. The Hall–Kier alpha value is -2.50. The molecule has 0 spiro atoms. The average molecular weight is 263 g/mol. The SMILES string of the molecule is N=C(C(=O)OCc1ccccc1)[C@H](CC=O)C(=O)O. The smallest absolute Gasteiger partial charge is 0.353 e. The summed E-state index contributed by atoms with van der Waals surface area (Å²) in [7, 11) is 0. The van der Waals surface area contributed by atoms with Crippen molar-refractivity contribution >= 4 is 23.9 Å². The first-order chi connectivity index (χ1) is 9.06. The van der Waals surface area contributed by atoms with Gasteiger partial charge in [0.1, 0.15) is 24.5 Å². The van der Waals surface area contributed by atoms with Crippen molar-refractivity contribution in [1.82, 2.24) is 0 Å². The molecule has 0 aliphatic heterocycles. The van der Waals surface area contributed by atoms with Gasteiger partial charge < -0.3 is 14.6 Å². The van der Waals surface area contributed by atoms with Crippen LogP contribution < -0.4 is 0 Å². The number of benzene rings is 1. The Labute approximate surface area is 109 Å². The molecule has 6 nitrogen and oxygen atoms in total. The number of aliphatic carboxylic acids is 1. The number of hydrogen-bond donors (Lipinski definition) is 2. The fourth-order valence-electron chi connectivity index (χ4n) is 1.38. The van der Waals surface area contributed by atoms with Crippen LogP contribution in [0.15, 0.2) is 30.3 Å². The molecule has 1 atom stereocenters. The van der Waals surface area contributed by atoms with E-state index in [-0.39, 0.29) is 6.61 Å². The summed E-state index contributed by atoms with van der Waals surface area (Å²) >= 11 is 0. The van der Waals surface area contributed by atoms with Crippen LogP contribution in [-0.2, 0) is 25.7 Å². The highest BCUT2D eigenvalue weighted by molar-refractivity contribution is 6.39. The van der Waals surface area contributed by atoms with Crippen molar-refractivity contribution in [3.05, 3.63) is 35.9 Å². The first kappa shape index (κ1) is 14.6. The predicted molar refractivity (Wildman–Crippen MR) is 65.8 cm³/mol. The minimum atomic E-state index is -1.46. The van der Waals surface area contributed by atoms with E-state index in [0.29, 0.717) is 6.29 Å². The number of nitrogens with one attached hydrogen (secondary N) is 1. The second-order valence-electron chi connectivity index (χ2n) is 3.77. The Morgan fingerprint density at radius 2 is 1.95 bits per heavy atom. The van der Waals surface area contributed by atoms with Gasteiger partial charge in [-0.25, -0.2) is 4.79 Å². The summed E-state index contributed by atoms with van der Waals surface area (Å²) in [5.74, 6) is -3.88. The minimum absolute atomic E-state index is 0.0461. The lowest BCUT2D eigenvalue weighted by Crippen LogP contribution is -2.31. The van der Waals surface area contributed by atoms with Gasteiger partial charge in [0.05, 0.1) is 0 Å². The topological polar surface area (TPSA) is 105 Å². The molecule has 0 fully saturated rings. The second-order valence-corrected chi connectivity index (χ2v) is 3.77. The lowest BCUT2D eigenvalue weighted by molar-refractivity contribution is -0.143. The van der Waals surface area contributed by atoms with Gasteiger partial charge in [-0.2, -0.15) is 0 Å². The van der Waals surface area contributed by atoms with Gasteiger partial charge in [0.15, 0.2) is 0 Å². The van der Waals surface area contributed by atoms with Crippen molar-refractivity contribution in [3.8, 4) is 0 Å². The van der Waals surface area contributed by atoms with Crippen LogP contribution in [0.4, 0.5) is 0 Å². The van der Waals surface area contributed by atoms with Crippen LogP contribution in [0, 0.1) is 11.3 Å². The zero-order valence-corrected chi connectivity index (χ0v) is 10.0. The Balaban J connectivity index is 2.59. The number of carboxylic acid groups (broad SMARTS) is 1. The Bertz CT molecular complexity index is 483. The molecule has 1 rings (SSSR count). The summed E-state index contributed by atoms with van der Waals surface area (Å²) in [5, 5.41) is 16.2. The number of aldehydes is 1. The van der Waals surface area contributed by atoms with Crippen molar-refractivity contribution in [2.75, 3.05) is 0 Å². The summed E-state index contributed by atoms with van der Waals surface area (Å²) in [6.45, 7) is -0.0461. The Kier molecular flexibility index (Phi) is 5.40. The molecule has 0 heterocycles. The number of hydrogen-bond acceptors (Lipinski definition) is 5. The fraction of sp³-hybridized carbons (Fsp3) is 0.231. The molecule has 0 aliphatic rings. The maximum absolute atomic E-state index is 11.5. The van der Waals surface area contributed by atoms with E-state index in [1.165, 1.54) is 0 Å². The van der Waals surface area contributed by atoms with Crippen LogP contribution >= 0.6 is 0 Å². The molecule has 100 valence electrons. The summed E-state index contributed by atoms with van der Waals surface area (Å²) < 4.78 is 4.82. The van der Waals surface area contributed by atoms with Crippen molar-refractivity contribution in [2.45, 2.75) is 13.0 Å². The summed E-state index contributed by atoms with van der Waals surface area (Å²) in [6, 6.07) is 8.80. The van der Waals surface area contributed by atoms with Gasteiger partial charge in [-0.15, -0.1) is 0 Å². The van der Waals surface area contributed by atoms with E-state index in [2.05, 4.69) is 0 Å². The molecule has 0 aliphatic carbocycles. The van der Waals surface area contributed by atoms with Crippen LogP contribution in [0.2, 0.25) is 0 Å². The van der Waals surface area contributed by atoms with Gasteiger partial charge in [-0.3, -0.25) is 10.2 Å². The molecule has 0 amide bonds. The molecule has 0 radical (unpaired) electrons. The largest absolute Gasteiger partial charge is 0.481 e. The molecule has 1 aromatic carbocycles. The summed E-state index contributed by atoms with van der Waals surface area (Å²) in [5.41, 5.74) is 0.00134. The van der Waals surface area contributed by atoms with Gasteiger partial charge >= 0.3 is 11.9 Å². The number of ether oxygens (including phenoxy) is 1. The van der Waals surface area contributed by atoms with Crippen LogP contribution in [-0.4, -0.2) is 29.0 Å². The van der Waals surface area contributed by atoms with Crippen molar-refractivity contribution in [3.63, 3.8) is 0 Å². The summed E-state index contributed by atoms with van der Waals surface area (Å²) in [4.78, 5) is 32.6. The minimum Gasteiger partial charge on any atom is -0.481 e. The monoisotopic (exact) mass is 263 g/mol. The van der Waals surface area contributed by atoms with E-state index in [1.54, 1.807) is 30.3 Å². The van der Waals surface area contributed by atoms with Crippen molar-refractivity contribution in [2.24, 2.45) is 5.92 Å². The number of carbonyl (C=O) groups is 3. The zero-order valence-electron chi connectivity index (χ0n) is 10.0. The van der Waals surface area contributed by atoms with Gasteiger partial charge in [0.25, 0.3) is 0 Å². The second kappa shape index (κ2) is 7.05. The lowest BCUT2D eigenvalue weighted by Gasteiger charge is -2.10. The third-order valence-corrected chi connectivity index (χ3v) is 2.41. The maximum Gasteiger partial charge on any atom is 0.353 e. The first-order valence-corrected chi connectivity index (χ1v) is 5.52. The van der Waals surface area contributed by atoms with Crippen molar-refractivity contribution < 1.29 is 24.2 Å². The molecule has 1 aromatic rings. The highest BCUT2D eigenvalue weighted by Gasteiger charge is 2.28. The standard InChI is InChI=1S/C13H13NO5/c14-11(10(6-7-15)12(16)17)13(18)19-8-9-4-2-1-3-5-9/h1-5,7,10,14H,6,8H2,(H,16,17)/t10-/m0/s1. The predicted octanol–water partition coefficient (Wildman–Crippen LogP) is 1.04. The molecular formula is C13H13NO5. The van der Waals surface area contributed by atoms with Crippen molar-refractivity contribution in [1.29, 1.82) is 5.41 Å². The van der Waals surface area contributed by atoms with Gasteiger partial charge in [0, 0.05) is 6.42 Å². The Morgan fingerprint density at radius 1 is 1.32 bits per heavy atom. The third kappa shape index (κ3) is 4.34. The molecule has 19 heavy (non-hydrogen) atoms. The lowest BCUT2D eigenvalue weighted by atomic mass is 10.0. The van der Waals surface area contributed by atoms with E-state index in [4.69, 9.17) is 15.3 Å². The number of carboxylic acids is 1. The van der Waals surface area contributed by atoms with Crippen LogP contribution in [0.25, 0.3) is 0 Å². The molecule has 2 N–H and O–H groups in total. The molecule has 0 unspecified atom stereocenters. The number of carbonyl (C=O) groups excluding carboxylic acids is 2. The summed E-state index contributed by atoms with van der Waals surface area (Å²) in [6.07, 6.45) is -0.0631. The first-order valence-electron chi connectivity index (χ1n) is 5.52. The van der Waals surface area contributed by atoms with Crippen LogP contribution in [0.5, 0.6) is 0 Å². The molecular weight excluding hydrogens is 250 g/mol. The normalized spacial score (nSPS) is 11.4. The van der Waals surface area contributed by atoms with Gasteiger partial charge in [0.2, 0.25) is 0 Å². The van der Waals surface area contributed by atoms with E-state index >= 15 is 0 Å². The van der Waals surface area contributed by atoms with Crippen LogP contribution in [0.1, 0.15) is 12.0 Å². The van der Waals surface area contributed by atoms with E-state index < -0.39 is 30.0 Å². The highest BCUT2D eigenvalue weighted by Crippen LogP contribution is 2.07. The van der Waals surface area contributed by atoms with Crippen LogP contribution in [0.3, 0.4) is 0 Å². The fourth-order valence-corrected chi connectivity index (χ4v) is 1.38. The molecule has 0 aromatic heterocycles. The maximum atomic E-state index is 11.5. The average Bonchev–Trinajstić information content (AvgIpc) is 2.42. The Morgan fingerprint density at radius 3 is 2.47 bits per heavy atom. The van der Waals surface area contributed by atoms with Gasteiger partial charge in [-0.1, -0.05) is 30.3 Å². The molecule has 0 bridgehead atoms. The quantitative estimate of drug-likeness (QED) is 0.434. The zero-order chi connectivity index (χ0) is 14.3. The third-order valence-electron chi connectivity index (χ3n) is 2.41. The molecule has 0 saturated carbocycles. The number of esters is 1.